The zero-order valence-electron chi connectivity index (χ0n) is 15.6. The van der Waals surface area contributed by atoms with Crippen molar-refractivity contribution in [2.45, 2.75) is 6.92 Å². The van der Waals surface area contributed by atoms with Crippen molar-refractivity contribution in [3.8, 4) is 0 Å². The Hall–Kier alpha value is -1.66. The Kier molecular flexibility index (Phi) is 11.7. The molecule has 1 aromatic rings. The van der Waals surface area contributed by atoms with E-state index in [0.717, 1.165) is 57.6 Å². The van der Waals surface area contributed by atoms with Gasteiger partial charge in [-0.3, -0.25) is 20.0 Å². The number of anilines is 1. The van der Waals surface area contributed by atoms with Gasteiger partial charge in [0, 0.05) is 57.1 Å². The van der Waals surface area contributed by atoms with E-state index in [1.807, 2.05) is 6.92 Å². The van der Waals surface area contributed by atoms with Gasteiger partial charge in [-0.1, -0.05) is 0 Å². The quantitative estimate of drug-likeness (QED) is 0.120. The lowest BCUT2D eigenvalue weighted by atomic mass is 10.3. The minimum atomic E-state index is -0.401. The van der Waals surface area contributed by atoms with Gasteiger partial charge in [0.05, 0.1) is 24.7 Å². The van der Waals surface area contributed by atoms with Gasteiger partial charge in [-0.2, -0.15) is 0 Å². The maximum atomic E-state index is 10.6. The fraction of sp³-hybridized carbons (Fsp3) is 0.588. The van der Waals surface area contributed by atoms with Crippen LogP contribution in [0, 0.1) is 10.1 Å². The molecule has 1 fully saturated rings. The standard InChI is InChI=1S/C17H28N6O3.HI/c1-2-18-17(21-9-10-22-11-13-26-14-12-22)20-8-7-19-15-3-5-16(6-4-15)23(24)25;/h3-6,19H,2,7-14H2,1H3,(H2,18,20,21);1H. The summed E-state index contributed by atoms with van der Waals surface area (Å²) in [6.45, 7) is 9.44. The van der Waals surface area contributed by atoms with Crippen LogP contribution in [-0.4, -0.2) is 74.8 Å². The lowest BCUT2D eigenvalue weighted by molar-refractivity contribution is -0.384. The molecule has 27 heavy (non-hydrogen) atoms. The number of morpholine rings is 1. The van der Waals surface area contributed by atoms with Crippen molar-refractivity contribution in [2.24, 2.45) is 4.99 Å². The molecule has 1 aliphatic rings. The van der Waals surface area contributed by atoms with Gasteiger partial charge < -0.3 is 20.7 Å². The molecule has 3 N–H and O–H groups in total. The van der Waals surface area contributed by atoms with Gasteiger partial charge >= 0.3 is 0 Å². The second kappa shape index (κ2) is 13.5. The average Bonchev–Trinajstić information content (AvgIpc) is 2.66. The van der Waals surface area contributed by atoms with Gasteiger partial charge in [0.2, 0.25) is 0 Å². The average molecular weight is 492 g/mol. The van der Waals surface area contributed by atoms with Crippen LogP contribution >= 0.6 is 24.0 Å². The molecule has 0 bridgehead atoms. The molecule has 10 heteroatoms. The van der Waals surface area contributed by atoms with Crippen LogP contribution in [0.4, 0.5) is 11.4 Å². The first-order valence-corrected chi connectivity index (χ1v) is 8.99. The summed E-state index contributed by atoms with van der Waals surface area (Å²) in [6, 6.07) is 6.40. The van der Waals surface area contributed by atoms with Crippen LogP contribution in [-0.2, 0) is 4.74 Å². The largest absolute Gasteiger partial charge is 0.383 e. The number of non-ortho nitro benzene ring substituents is 1. The third-order valence-corrected chi connectivity index (χ3v) is 3.96. The molecule has 0 saturated carbocycles. The number of benzene rings is 1. The normalized spacial score (nSPS) is 14.9. The third kappa shape index (κ3) is 9.20. The molecule has 9 nitrogen and oxygen atoms in total. The molecule has 1 heterocycles. The Morgan fingerprint density at radius 1 is 1.22 bits per heavy atom. The first kappa shape index (κ1) is 23.4. The second-order valence-corrected chi connectivity index (χ2v) is 5.87. The molecule has 152 valence electrons. The molecular weight excluding hydrogens is 463 g/mol. The first-order valence-electron chi connectivity index (χ1n) is 8.99. The molecule has 1 saturated heterocycles. The number of nitro benzene ring substituents is 1. The summed E-state index contributed by atoms with van der Waals surface area (Å²) in [4.78, 5) is 17.2. The summed E-state index contributed by atoms with van der Waals surface area (Å²) >= 11 is 0. The summed E-state index contributed by atoms with van der Waals surface area (Å²) in [5, 5.41) is 20.4. The van der Waals surface area contributed by atoms with Crippen LogP contribution in [0.15, 0.2) is 29.3 Å². The van der Waals surface area contributed by atoms with Crippen molar-refractivity contribution in [3.63, 3.8) is 0 Å². The molecule has 0 spiro atoms. The summed E-state index contributed by atoms with van der Waals surface area (Å²) < 4.78 is 5.34. The number of nitro groups is 1. The number of hydrogen-bond acceptors (Lipinski definition) is 6. The fourth-order valence-corrected chi connectivity index (χ4v) is 2.56. The topological polar surface area (TPSA) is 104 Å². The number of nitrogens with one attached hydrogen (secondary N) is 3. The molecule has 1 aliphatic heterocycles. The van der Waals surface area contributed by atoms with Crippen LogP contribution in [0.1, 0.15) is 6.92 Å². The van der Waals surface area contributed by atoms with E-state index in [-0.39, 0.29) is 29.7 Å². The molecule has 0 aromatic heterocycles. The van der Waals surface area contributed by atoms with E-state index < -0.39 is 4.92 Å². The zero-order chi connectivity index (χ0) is 18.6. The van der Waals surface area contributed by atoms with Crippen LogP contribution < -0.4 is 16.0 Å². The van der Waals surface area contributed by atoms with E-state index in [1.54, 1.807) is 12.1 Å². The molecular formula is C17H29IN6O3. The molecule has 0 aliphatic carbocycles. The Morgan fingerprint density at radius 3 is 2.56 bits per heavy atom. The maximum absolute atomic E-state index is 10.6. The molecule has 0 amide bonds. The monoisotopic (exact) mass is 492 g/mol. The van der Waals surface area contributed by atoms with Gasteiger partial charge in [-0.15, -0.1) is 24.0 Å². The molecule has 0 unspecified atom stereocenters. The van der Waals surface area contributed by atoms with E-state index in [2.05, 4.69) is 25.8 Å². The molecule has 0 atom stereocenters. The van der Waals surface area contributed by atoms with Crippen molar-refractivity contribution < 1.29 is 9.66 Å². The van der Waals surface area contributed by atoms with E-state index in [4.69, 9.17) is 4.74 Å². The predicted molar refractivity (Wildman–Crippen MR) is 118 cm³/mol. The van der Waals surface area contributed by atoms with Crippen LogP contribution in [0.2, 0.25) is 0 Å². The number of nitrogens with zero attached hydrogens (tertiary/aromatic N) is 3. The van der Waals surface area contributed by atoms with Crippen molar-refractivity contribution >= 4 is 41.3 Å². The summed E-state index contributed by atoms with van der Waals surface area (Å²) in [7, 11) is 0. The SMILES string of the molecule is CCNC(=NCCN1CCOCC1)NCCNc1ccc([N+](=O)[O-])cc1.I. The van der Waals surface area contributed by atoms with Crippen LogP contribution in [0.5, 0.6) is 0 Å². The minimum Gasteiger partial charge on any atom is -0.383 e. The fourth-order valence-electron chi connectivity index (χ4n) is 2.56. The smallest absolute Gasteiger partial charge is 0.269 e. The summed E-state index contributed by atoms with van der Waals surface area (Å²) in [5.74, 6) is 0.797. The van der Waals surface area contributed by atoms with E-state index in [9.17, 15) is 10.1 Å². The molecule has 2 rings (SSSR count). The van der Waals surface area contributed by atoms with Gasteiger partial charge in [-0.25, -0.2) is 0 Å². The third-order valence-electron chi connectivity index (χ3n) is 3.96. The van der Waals surface area contributed by atoms with Gasteiger partial charge in [0.25, 0.3) is 5.69 Å². The van der Waals surface area contributed by atoms with E-state index in [0.29, 0.717) is 13.1 Å². The Balaban J connectivity index is 0.00000364. The van der Waals surface area contributed by atoms with Crippen LogP contribution in [0.3, 0.4) is 0 Å². The van der Waals surface area contributed by atoms with Crippen molar-refractivity contribution in [1.29, 1.82) is 0 Å². The number of hydrogen-bond donors (Lipinski definition) is 3. The number of aliphatic imine (C=N–C) groups is 1. The zero-order valence-corrected chi connectivity index (χ0v) is 18.0. The lowest BCUT2D eigenvalue weighted by Gasteiger charge is -2.25. The van der Waals surface area contributed by atoms with Gasteiger partial charge in [-0.05, 0) is 19.1 Å². The van der Waals surface area contributed by atoms with Crippen molar-refractivity contribution in [1.82, 2.24) is 15.5 Å². The molecule has 0 radical (unpaired) electrons. The highest BCUT2D eigenvalue weighted by atomic mass is 127. The highest BCUT2D eigenvalue weighted by Crippen LogP contribution is 2.14. The van der Waals surface area contributed by atoms with E-state index >= 15 is 0 Å². The first-order chi connectivity index (χ1) is 12.7. The second-order valence-electron chi connectivity index (χ2n) is 5.87. The highest BCUT2D eigenvalue weighted by molar-refractivity contribution is 14.0. The van der Waals surface area contributed by atoms with Gasteiger partial charge in [0.1, 0.15) is 0 Å². The number of rotatable bonds is 9. The van der Waals surface area contributed by atoms with Gasteiger partial charge in [0.15, 0.2) is 5.96 Å². The predicted octanol–water partition coefficient (Wildman–Crippen LogP) is 1.51. The lowest BCUT2D eigenvalue weighted by Crippen LogP contribution is -2.41. The highest BCUT2D eigenvalue weighted by Gasteiger charge is 2.09. The minimum absolute atomic E-state index is 0. The van der Waals surface area contributed by atoms with Crippen molar-refractivity contribution in [3.05, 3.63) is 34.4 Å². The van der Waals surface area contributed by atoms with E-state index in [1.165, 1.54) is 12.1 Å². The Labute approximate surface area is 177 Å². The summed E-state index contributed by atoms with van der Waals surface area (Å²) in [5.41, 5.74) is 0.946. The maximum Gasteiger partial charge on any atom is 0.269 e. The summed E-state index contributed by atoms with van der Waals surface area (Å²) in [6.07, 6.45) is 0. The van der Waals surface area contributed by atoms with Crippen molar-refractivity contribution in [2.75, 3.05) is 64.3 Å². The van der Waals surface area contributed by atoms with Crippen LogP contribution in [0.25, 0.3) is 0 Å². The number of halogens is 1. The molecule has 1 aromatic carbocycles. The number of ether oxygens (including phenoxy) is 1. The Morgan fingerprint density at radius 2 is 1.93 bits per heavy atom. The Bertz CT molecular complexity index is 579. The number of guanidine groups is 1.